The van der Waals surface area contributed by atoms with Crippen LogP contribution in [0.4, 0.5) is 0 Å². The summed E-state index contributed by atoms with van der Waals surface area (Å²) in [6.45, 7) is 1.62. The molecule has 4 rings (SSSR count). The van der Waals surface area contributed by atoms with Gasteiger partial charge < -0.3 is 19.3 Å². The van der Waals surface area contributed by atoms with Gasteiger partial charge in [-0.25, -0.2) is 9.59 Å². The lowest BCUT2D eigenvalue weighted by Crippen LogP contribution is -2.14. The van der Waals surface area contributed by atoms with Crippen LogP contribution in [0.3, 0.4) is 0 Å². The fourth-order valence-corrected chi connectivity index (χ4v) is 3.22. The molecule has 6 heteroatoms. The summed E-state index contributed by atoms with van der Waals surface area (Å²) in [6, 6.07) is 7.32. The van der Waals surface area contributed by atoms with E-state index in [1.54, 1.807) is 6.92 Å². The van der Waals surface area contributed by atoms with Crippen molar-refractivity contribution in [2.45, 2.75) is 25.4 Å². The molecule has 0 amide bonds. The molecule has 1 aromatic carbocycles. The number of hydrogen-bond donors (Lipinski definition) is 1. The van der Waals surface area contributed by atoms with Gasteiger partial charge in [-0.05, 0) is 18.1 Å². The van der Waals surface area contributed by atoms with Crippen LogP contribution in [0.15, 0.2) is 47.7 Å². The molecule has 0 spiro atoms. The summed E-state index contributed by atoms with van der Waals surface area (Å²) in [7, 11) is 0. The van der Waals surface area contributed by atoms with Gasteiger partial charge in [-0.1, -0.05) is 24.3 Å². The first-order valence-corrected chi connectivity index (χ1v) is 7.29. The predicted molar refractivity (Wildman–Crippen MR) is 76.5 cm³/mol. The van der Waals surface area contributed by atoms with Crippen molar-refractivity contribution in [1.82, 2.24) is 0 Å². The van der Waals surface area contributed by atoms with Gasteiger partial charge in [0.1, 0.15) is 6.10 Å². The maximum absolute atomic E-state index is 12.1. The number of carbonyl (C=O) groups is 2. The van der Waals surface area contributed by atoms with Gasteiger partial charge in [0.2, 0.25) is 0 Å². The normalized spacial score (nSPS) is 33.1. The molecule has 23 heavy (non-hydrogen) atoms. The number of hydrogen-bond acceptors (Lipinski definition) is 6. The smallest absolute Gasteiger partial charge is 0.338 e. The van der Waals surface area contributed by atoms with Crippen LogP contribution >= 0.6 is 0 Å². The zero-order valence-electron chi connectivity index (χ0n) is 12.3. The topological polar surface area (TPSA) is 82.1 Å². The number of ether oxygens (including phenoxy) is 3. The van der Waals surface area contributed by atoms with Gasteiger partial charge in [-0.15, -0.1) is 0 Å². The minimum absolute atomic E-state index is 0.243. The van der Waals surface area contributed by atoms with Crippen LogP contribution in [0.1, 0.15) is 30.3 Å². The highest BCUT2D eigenvalue weighted by atomic mass is 16.7. The van der Waals surface area contributed by atoms with E-state index < -0.39 is 36.4 Å². The SMILES string of the molecule is CC1=CC(O/C=C2/C(=O)O[C@H]3c4ccccc4[C@H](O)[C@@H]23)OC1=O. The van der Waals surface area contributed by atoms with E-state index in [4.69, 9.17) is 14.2 Å². The molecule has 1 saturated heterocycles. The molecule has 1 N–H and O–H groups in total. The molecule has 1 unspecified atom stereocenters. The quantitative estimate of drug-likeness (QED) is 0.508. The van der Waals surface area contributed by atoms with E-state index in [0.717, 1.165) is 11.1 Å². The third kappa shape index (κ3) is 2.06. The third-order valence-electron chi connectivity index (χ3n) is 4.38. The molecule has 0 aromatic heterocycles. The highest BCUT2D eigenvalue weighted by Crippen LogP contribution is 2.53. The summed E-state index contributed by atoms with van der Waals surface area (Å²) in [5.74, 6) is -1.49. The Kier molecular flexibility index (Phi) is 3.02. The molecule has 0 bridgehead atoms. The zero-order chi connectivity index (χ0) is 16.1. The van der Waals surface area contributed by atoms with Crippen molar-refractivity contribution in [2.24, 2.45) is 5.92 Å². The number of esters is 2. The fourth-order valence-electron chi connectivity index (χ4n) is 3.22. The maximum atomic E-state index is 12.1. The highest BCUT2D eigenvalue weighted by Gasteiger charge is 2.51. The Morgan fingerprint density at radius 1 is 1.13 bits per heavy atom. The number of aliphatic hydroxyl groups is 1. The second-order valence-corrected chi connectivity index (χ2v) is 5.76. The van der Waals surface area contributed by atoms with Gasteiger partial charge in [-0.3, -0.25) is 0 Å². The molecule has 4 atom stereocenters. The Hall–Kier alpha value is -2.60. The van der Waals surface area contributed by atoms with E-state index in [1.807, 2.05) is 24.3 Å². The number of rotatable bonds is 2. The van der Waals surface area contributed by atoms with Crippen molar-refractivity contribution in [3.63, 3.8) is 0 Å². The second-order valence-electron chi connectivity index (χ2n) is 5.76. The van der Waals surface area contributed by atoms with Crippen molar-refractivity contribution >= 4 is 11.9 Å². The van der Waals surface area contributed by atoms with E-state index in [-0.39, 0.29) is 5.57 Å². The molecule has 1 fully saturated rings. The van der Waals surface area contributed by atoms with Gasteiger partial charge in [0.25, 0.3) is 6.29 Å². The number of cyclic esters (lactones) is 1. The summed E-state index contributed by atoms with van der Waals surface area (Å²) < 4.78 is 15.7. The predicted octanol–water partition coefficient (Wildman–Crippen LogP) is 1.68. The number of fused-ring (bicyclic) bond motifs is 3. The van der Waals surface area contributed by atoms with Gasteiger partial charge in [0, 0.05) is 11.6 Å². The average Bonchev–Trinajstić information content (AvgIpc) is 3.12. The molecule has 118 valence electrons. The molecule has 0 saturated carbocycles. The Balaban J connectivity index is 1.60. The number of aliphatic hydroxyl groups excluding tert-OH is 1. The largest absolute Gasteiger partial charge is 0.458 e. The first-order chi connectivity index (χ1) is 11.1. The molecule has 6 nitrogen and oxygen atoms in total. The Morgan fingerprint density at radius 3 is 2.57 bits per heavy atom. The van der Waals surface area contributed by atoms with Crippen molar-refractivity contribution in [3.05, 3.63) is 58.9 Å². The Labute approximate surface area is 132 Å². The summed E-state index contributed by atoms with van der Waals surface area (Å²) in [5.41, 5.74) is 2.26. The van der Waals surface area contributed by atoms with Crippen molar-refractivity contribution in [2.75, 3.05) is 0 Å². The molecular weight excluding hydrogens is 300 g/mol. The fraction of sp³-hybridized carbons (Fsp3) is 0.294. The van der Waals surface area contributed by atoms with Crippen LogP contribution in [0.5, 0.6) is 0 Å². The van der Waals surface area contributed by atoms with E-state index in [9.17, 15) is 14.7 Å². The summed E-state index contributed by atoms with van der Waals surface area (Å²) >= 11 is 0. The zero-order valence-corrected chi connectivity index (χ0v) is 12.3. The lowest BCUT2D eigenvalue weighted by Gasteiger charge is -2.13. The highest BCUT2D eigenvalue weighted by molar-refractivity contribution is 5.92. The molecule has 3 aliphatic rings. The summed E-state index contributed by atoms with van der Waals surface area (Å²) in [6.07, 6.45) is 0.558. The number of benzene rings is 1. The van der Waals surface area contributed by atoms with Gasteiger partial charge >= 0.3 is 11.9 Å². The van der Waals surface area contributed by atoms with Crippen LogP contribution in [0.25, 0.3) is 0 Å². The van der Waals surface area contributed by atoms with Crippen molar-refractivity contribution < 1.29 is 28.9 Å². The van der Waals surface area contributed by atoms with E-state index in [1.165, 1.54) is 12.3 Å². The molecule has 1 aromatic rings. The van der Waals surface area contributed by atoms with E-state index in [0.29, 0.717) is 5.57 Å². The lowest BCUT2D eigenvalue weighted by atomic mass is 9.95. The number of carbonyl (C=O) groups excluding carboxylic acids is 2. The second kappa shape index (κ2) is 4.96. The Morgan fingerprint density at radius 2 is 1.87 bits per heavy atom. The van der Waals surface area contributed by atoms with Crippen LogP contribution in [-0.2, 0) is 23.8 Å². The summed E-state index contributed by atoms with van der Waals surface area (Å²) in [4.78, 5) is 23.4. The van der Waals surface area contributed by atoms with Crippen LogP contribution in [-0.4, -0.2) is 23.3 Å². The Bertz CT molecular complexity index is 762. The summed E-state index contributed by atoms with van der Waals surface area (Å²) in [5, 5.41) is 10.5. The van der Waals surface area contributed by atoms with E-state index >= 15 is 0 Å². The first-order valence-electron chi connectivity index (χ1n) is 7.29. The monoisotopic (exact) mass is 314 g/mol. The minimum Gasteiger partial charge on any atom is -0.458 e. The third-order valence-corrected chi connectivity index (χ3v) is 4.38. The first kappa shape index (κ1) is 14.0. The maximum Gasteiger partial charge on any atom is 0.338 e. The van der Waals surface area contributed by atoms with Crippen LogP contribution < -0.4 is 0 Å². The van der Waals surface area contributed by atoms with Gasteiger partial charge in [0.05, 0.1) is 23.9 Å². The minimum atomic E-state index is -0.859. The van der Waals surface area contributed by atoms with E-state index in [2.05, 4.69) is 0 Å². The molecule has 2 aliphatic heterocycles. The molecule has 1 aliphatic carbocycles. The molecule has 2 heterocycles. The standard InChI is InChI=1S/C17H14O6/c1-8-6-12(22-16(8)19)21-7-11-13-14(18)9-4-2-3-5-10(9)15(13)23-17(11)20/h2-7,12-15,18H,1H3/b11-7+/t12?,13-,14+,15+/m1/s1. The van der Waals surface area contributed by atoms with Crippen LogP contribution in [0.2, 0.25) is 0 Å². The van der Waals surface area contributed by atoms with Gasteiger partial charge in [-0.2, -0.15) is 0 Å². The molecular formula is C17H14O6. The van der Waals surface area contributed by atoms with Crippen LogP contribution in [0, 0.1) is 5.92 Å². The van der Waals surface area contributed by atoms with Crippen molar-refractivity contribution in [3.8, 4) is 0 Å². The molecule has 0 radical (unpaired) electrons. The lowest BCUT2D eigenvalue weighted by molar-refractivity contribution is -0.152. The van der Waals surface area contributed by atoms with Crippen molar-refractivity contribution in [1.29, 1.82) is 0 Å². The average molecular weight is 314 g/mol. The van der Waals surface area contributed by atoms with Gasteiger partial charge in [0.15, 0.2) is 0 Å².